The van der Waals surface area contributed by atoms with Crippen LogP contribution in [0.15, 0.2) is 35.4 Å². The molecule has 1 aliphatic carbocycles. The van der Waals surface area contributed by atoms with Crippen molar-refractivity contribution in [3.63, 3.8) is 0 Å². The van der Waals surface area contributed by atoms with Crippen molar-refractivity contribution in [2.45, 2.75) is 71.4 Å². The van der Waals surface area contributed by atoms with E-state index in [1.807, 2.05) is 6.92 Å². The van der Waals surface area contributed by atoms with Crippen LogP contribution in [0, 0.1) is 6.92 Å². The van der Waals surface area contributed by atoms with E-state index in [4.69, 9.17) is 9.47 Å². The van der Waals surface area contributed by atoms with E-state index < -0.39 is 23.4 Å². The van der Waals surface area contributed by atoms with Gasteiger partial charge in [-0.2, -0.15) is 0 Å². The van der Waals surface area contributed by atoms with E-state index in [9.17, 15) is 19.2 Å². The van der Waals surface area contributed by atoms with Crippen molar-refractivity contribution in [3.05, 3.63) is 57.0 Å². The average molecular weight is 526 g/mol. The lowest BCUT2D eigenvalue weighted by atomic mass is 9.98. The lowest BCUT2D eigenvalue weighted by molar-refractivity contribution is -0.116. The molecule has 4 rings (SSSR count). The lowest BCUT2D eigenvalue weighted by Crippen LogP contribution is -2.28. The molecule has 0 atom stereocenters. The minimum Gasteiger partial charge on any atom is -0.462 e. The van der Waals surface area contributed by atoms with Gasteiger partial charge in [-0.25, -0.2) is 14.6 Å². The maximum atomic E-state index is 13.2. The molecule has 0 saturated heterocycles. The van der Waals surface area contributed by atoms with E-state index in [2.05, 4.69) is 10.3 Å². The third-order valence-corrected chi connectivity index (χ3v) is 7.54. The minimum absolute atomic E-state index is 0.0872. The Morgan fingerprint density at radius 1 is 1.16 bits per heavy atom. The highest BCUT2D eigenvalue weighted by Gasteiger charge is 2.24. The summed E-state index contributed by atoms with van der Waals surface area (Å²) in [6, 6.07) is 6.44. The molecular weight excluding hydrogens is 494 g/mol. The second-order valence-corrected chi connectivity index (χ2v) is 10.2. The van der Waals surface area contributed by atoms with Crippen molar-refractivity contribution in [2.24, 2.45) is 0 Å². The fourth-order valence-electron chi connectivity index (χ4n) is 4.33. The summed E-state index contributed by atoms with van der Waals surface area (Å²) in [5, 5.41) is 3.02. The second kappa shape index (κ2) is 12.1. The molecule has 1 amide bonds. The van der Waals surface area contributed by atoms with Crippen LogP contribution in [0.25, 0.3) is 10.2 Å². The SMILES string of the molecule is CCCCOC(=O)c1cccc(NC(=O)Cn2cnc3sc(C(=O)OC4CCCCC4)c(C)c3c2=O)c1. The van der Waals surface area contributed by atoms with Gasteiger partial charge >= 0.3 is 11.9 Å². The van der Waals surface area contributed by atoms with Crippen molar-refractivity contribution in [1.82, 2.24) is 9.55 Å². The van der Waals surface area contributed by atoms with Crippen LogP contribution in [-0.2, 0) is 20.8 Å². The number of aryl methyl sites for hydroxylation is 1. The van der Waals surface area contributed by atoms with Crippen LogP contribution in [-0.4, -0.2) is 40.1 Å². The number of fused-ring (bicyclic) bond motifs is 1. The quantitative estimate of drug-likeness (QED) is 0.313. The number of amides is 1. The van der Waals surface area contributed by atoms with Gasteiger partial charge in [0.15, 0.2) is 0 Å². The first kappa shape index (κ1) is 26.5. The molecule has 196 valence electrons. The van der Waals surface area contributed by atoms with Crippen LogP contribution in [0.3, 0.4) is 0 Å². The number of aromatic nitrogens is 2. The average Bonchev–Trinajstić information content (AvgIpc) is 3.23. The van der Waals surface area contributed by atoms with Gasteiger partial charge in [-0.05, 0) is 62.8 Å². The van der Waals surface area contributed by atoms with Gasteiger partial charge in [0.2, 0.25) is 5.91 Å². The summed E-state index contributed by atoms with van der Waals surface area (Å²) in [5.41, 5.74) is 0.855. The topological polar surface area (TPSA) is 117 Å². The zero-order valence-corrected chi connectivity index (χ0v) is 21.9. The van der Waals surface area contributed by atoms with Gasteiger partial charge in [0.05, 0.1) is 23.9 Å². The standard InChI is InChI=1S/C27H31N3O6S/c1-3-4-13-35-26(33)18-9-8-10-19(14-18)29-21(31)15-30-16-28-24-22(25(30)32)17(2)23(37-24)27(34)36-20-11-6-5-7-12-20/h8-10,14,16,20H,3-7,11-13,15H2,1-2H3,(H,29,31). The Morgan fingerprint density at radius 2 is 1.95 bits per heavy atom. The van der Waals surface area contributed by atoms with E-state index in [0.29, 0.717) is 38.5 Å². The van der Waals surface area contributed by atoms with E-state index >= 15 is 0 Å². The van der Waals surface area contributed by atoms with Gasteiger partial charge in [0.25, 0.3) is 5.56 Å². The Labute approximate surface area is 218 Å². The van der Waals surface area contributed by atoms with Gasteiger partial charge in [0.1, 0.15) is 22.4 Å². The van der Waals surface area contributed by atoms with E-state index in [1.165, 1.54) is 17.0 Å². The summed E-state index contributed by atoms with van der Waals surface area (Å²) < 4.78 is 12.1. The normalized spacial score (nSPS) is 13.9. The fourth-order valence-corrected chi connectivity index (χ4v) is 5.35. The number of ether oxygens (including phenoxy) is 2. The molecule has 0 spiro atoms. The Kier molecular flexibility index (Phi) is 8.70. The molecule has 1 N–H and O–H groups in total. The number of nitrogens with one attached hydrogen (secondary N) is 1. The van der Waals surface area contributed by atoms with Crippen molar-refractivity contribution in [2.75, 3.05) is 11.9 Å². The molecule has 1 aliphatic rings. The van der Waals surface area contributed by atoms with Gasteiger partial charge in [-0.15, -0.1) is 11.3 Å². The predicted molar refractivity (Wildman–Crippen MR) is 141 cm³/mol. The fraction of sp³-hybridized carbons (Fsp3) is 0.444. The van der Waals surface area contributed by atoms with Gasteiger partial charge in [0, 0.05) is 5.69 Å². The molecule has 0 radical (unpaired) electrons. The predicted octanol–water partition coefficient (Wildman–Crippen LogP) is 4.85. The number of benzene rings is 1. The third kappa shape index (κ3) is 6.43. The van der Waals surface area contributed by atoms with Crippen LogP contribution in [0.4, 0.5) is 5.69 Å². The van der Waals surface area contributed by atoms with E-state index in [1.54, 1.807) is 25.1 Å². The van der Waals surface area contributed by atoms with E-state index in [0.717, 1.165) is 56.3 Å². The van der Waals surface area contributed by atoms with Gasteiger partial charge in [-0.1, -0.05) is 25.8 Å². The maximum Gasteiger partial charge on any atom is 0.348 e. The van der Waals surface area contributed by atoms with Crippen LogP contribution in [0.1, 0.15) is 77.5 Å². The summed E-state index contributed by atoms with van der Waals surface area (Å²) in [7, 11) is 0. The Morgan fingerprint density at radius 3 is 2.70 bits per heavy atom. The third-order valence-electron chi connectivity index (χ3n) is 6.36. The molecule has 1 fully saturated rings. The Balaban J connectivity index is 1.45. The zero-order valence-electron chi connectivity index (χ0n) is 21.1. The van der Waals surface area contributed by atoms with Crippen LogP contribution < -0.4 is 10.9 Å². The highest BCUT2D eigenvalue weighted by atomic mass is 32.1. The maximum absolute atomic E-state index is 13.2. The first-order chi connectivity index (χ1) is 17.9. The molecule has 0 bridgehead atoms. The van der Waals surface area contributed by atoms with Crippen molar-refractivity contribution in [1.29, 1.82) is 0 Å². The molecule has 1 aromatic carbocycles. The van der Waals surface area contributed by atoms with Crippen LogP contribution in [0.2, 0.25) is 0 Å². The van der Waals surface area contributed by atoms with Crippen LogP contribution in [0.5, 0.6) is 0 Å². The molecule has 2 heterocycles. The monoisotopic (exact) mass is 525 g/mol. The number of hydrogen-bond donors (Lipinski definition) is 1. The summed E-state index contributed by atoms with van der Waals surface area (Å²) >= 11 is 1.13. The van der Waals surface area contributed by atoms with Crippen molar-refractivity contribution >= 4 is 45.1 Å². The number of rotatable bonds is 9. The molecule has 0 unspecified atom stereocenters. The summed E-state index contributed by atoms with van der Waals surface area (Å²) in [4.78, 5) is 56.0. The molecule has 0 aliphatic heterocycles. The Bertz CT molecular complexity index is 1360. The molecule has 10 heteroatoms. The van der Waals surface area contributed by atoms with Crippen molar-refractivity contribution < 1.29 is 23.9 Å². The molecule has 2 aromatic heterocycles. The molecule has 9 nitrogen and oxygen atoms in total. The zero-order chi connectivity index (χ0) is 26.4. The minimum atomic E-state index is -0.457. The molecular formula is C27H31N3O6S. The summed E-state index contributed by atoms with van der Waals surface area (Å²) in [6.45, 7) is 3.78. The highest BCUT2D eigenvalue weighted by Crippen LogP contribution is 2.29. The number of carbonyl (C=O) groups excluding carboxylic acids is 3. The van der Waals surface area contributed by atoms with Crippen LogP contribution >= 0.6 is 11.3 Å². The molecule has 1 saturated carbocycles. The number of hydrogen-bond acceptors (Lipinski definition) is 8. The largest absolute Gasteiger partial charge is 0.462 e. The summed E-state index contributed by atoms with van der Waals surface area (Å²) in [5.74, 6) is -1.34. The highest BCUT2D eigenvalue weighted by molar-refractivity contribution is 7.20. The number of anilines is 1. The lowest BCUT2D eigenvalue weighted by Gasteiger charge is -2.21. The molecule has 37 heavy (non-hydrogen) atoms. The first-order valence-electron chi connectivity index (χ1n) is 12.6. The van der Waals surface area contributed by atoms with Gasteiger partial charge in [-0.3, -0.25) is 14.2 Å². The Hall–Kier alpha value is -3.53. The number of unbranched alkanes of at least 4 members (excludes halogenated alkanes) is 1. The van der Waals surface area contributed by atoms with Gasteiger partial charge < -0.3 is 14.8 Å². The molecule has 3 aromatic rings. The number of thiophene rings is 1. The number of carbonyl (C=O) groups is 3. The van der Waals surface area contributed by atoms with Crippen molar-refractivity contribution in [3.8, 4) is 0 Å². The smallest absolute Gasteiger partial charge is 0.348 e. The summed E-state index contributed by atoms with van der Waals surface area (Å²) in [6.07, 6.45) is 7.88. The first-order valence-corrected chi connectivity index (χ1v) is 13.5. The number of esters is 2. The number of nitrogens with zero attached hydrogens (tertiary/aromatic N) is 2. The van der Waals surface area contributed by atoms with E-state index in [-0.39, 0.29) is 12.6 Å². The second-order valence-electron chi connectivity index (χ2n) is 9.20.